The first-order chi connectivity index (χ1) is 36.1. The second-order valence-corrected chi connectivity index (χ2v) is 23.0. The summed E-state index contributed by atoms with van der Waals surface area (Å²) in [5.74, 6) is 5.32. The summed E-state index contributed by atoms with van der Waals surface area (Å²) in [6, 6.07) is 20.0. The largest absolute Gasteiger partial charge is 0.493 e. The molecule has 0 heterocycles. The average Bonchev–Trinajstić information content (AvgIpc) is 3.40. The predicted molar refractivity (Wildman–Crippen MR) is 318 cm³/mol. The normalized spacial score (nSPS) is 11.4. The third-order valence-electron chi connectivity index (χ3n) is 14.1. The Labute approximate surface area is 451 Å². The van der Waals surface area contributed by atoms with Crippen molar-refractivity contribution in [3.8, 4) is 34.5 Å². The lowest BCUT2D eigenvalue weighted by molar-refractivity contribution is 0.291. The minimum absolute atomic E-state index is 0.669. The molecule has 3 aromatic rings. The third kappa shape index (κ3) is 29.7. The minimum Gasteiger partial charge on any atom is -0.493 e. The lowest BCUT2D eigenvalue weighted by Gasteiger charge is -2.27. The van der Waals surface area contributed by atoms with Gasteiger partial charge in [0.15, 0.2) is 0 Å². The first-order valence-corrected chi connectivity index (χ1v) is 32.4. The molecule has 0 fully saturated rings. The van der Waals surface area contributed by atoms with E-state index in [1.807, 2.05) is 0 Å². The average molecular weight is 1030 g/mol. The fraction of sp³-hybridized carbons (Fsp3) is 0.727. The summed E-state index contributed by atoms with van der Waals surface area (Å²) in [7, 11) is -1.26. The van der Waals surface area contributed by atoms with Crippen molar-refractivity contribution in [3.63, 3.8) is 0 Å². The van der Waals surface area contributed by atoms with Gasteiger partial charge in [-0.05, 0) is 82.8 Å². The SMILES string of the molecule is CCCCCCCCOc1ccc(P(c2ccc(OCCCCCCCC)cc2OCCCCCCCC)c2ccc(OCCCCCCCC)cc2OCCCCCCCC)c(OCCCCCCCC)c1. The van der Waals surface area contributed by atoms with Crippen LogP contribution < -0.4 is 44.3 Å². The Balaban J connectivity index is 2.16. The molecule has 0 unspecified atom stereocenters. The second-order valence-electron chi connectivity index (χ2n) is 20.9. The van der Waals surface area contributed by atoms with Gasteiger partial charge < -0.3 is 28.4 Å². The Kier molecular flexibility index (Phi) is 39.7. The van der Waals surface area contributed by atoms with Gasteiger partial charge in [0.2, 0.25) is 0 Å². The Morgan fingerprint density at radius 3 is 0.644 bits per heavy atom. The van der Waals surface area contributed by atoms with E-state index in [4.69, 9.17) is 28.4 Å². The quantitative estimate of drug-likeness (QED) is 0.0415. The number of rotatable bonds is 51. The van der Waals surface area contributed by atoms with Crippen LogP contribution in [-0.2, 0) is 0 Å². The van der Waals surface area contributed by atoms with E-state index in [0.717, 1.165) is 88.9 Å². The van der Waals surface area contributed by atoms with Gasteiger partial charge in [-0.2, -0.15) is 0 Å². The summed E-state index contributed by atoms with van der Waals surface area (Å²) in [4.78, 5) is 0. The molecular formula is C66H111O6P. The molecule has 0 aliphatic carbocycles. The maximum Gasteiger partial charge on any atom is 0.131 e. The zero-order valence-electron chi connectivity index (χ0n) is 48.3. The van der Waals surface area contributed by atoms with Gasteiger partial charge in [-0.15, -0.1) is 0 Å². The van der Waals surface area contributed by atoms with Crippen molar-refractivity contribution in [2.24, 2.45) is 0 Å². The van der Waals surface area contributed by atoms with Gasteiger partial charge in [-0.25, -0.2) is 0 Å². The van der Waals surface area contributed by atoms with E-state index in [2.05, 4.69) is 96.1 Å². The third-order valence-corrected chi connectivity index (χ3v) is 16.6. The van der Waals surface area contributed by atoms with Crippen LogP contribution in [0.2, 0.25) is 0 Å². The highest BCUT2D eigenvalue weighted by Gasteiger charge is 2.29. The van der Waals surface area contributed by atoms with Crippen molar-refractivity contribution in [1.82, 2.24) is 0 Å². The molecule has 0 aromatic heterocycles. The van der Waals surface area contributed by atoms with Gasteiger partial charge in [0.05, 0.1) is 39.6 Å². The number of hydrogen-bond acceptors (Lipinski definition) is 6. The molecule has 0 saturated heterocycles. The fourth-order valence-corrected chi connectivity index (χ4v) is 12.0. The van der Waals surface area contributed by atoms with Crippen LogP contribution >= 0.6 is 7.92 Å². The summed E-state index contributed by atoms with van der Waals surface area (Å²) < 4.78 is 40.6. The number of benzene rings is 3. The van der Waals surface area contributed by atoms with E-state index in [0.29, 0.717) is 39.6 Å². The molecule has 7 heteroatoms. The summed E-state index contributed by atoms with van der Waals surface area (Å²) in [5, 5.41) is 3.47. The van der Waals surface area contributed by atoms with Gasteiger partial charge in [-0.3, -0.25) is 0 Å². The smallest absolute Gasteiger partial charge is 0.131 e. The molecule has 416 valence electrons. The zero-order chi connectivity index (χ0) is 52.1. The van der Waals surface area contributed by atoms with Crippen LogP contribution in [0.1, 0.15) is 273 Å². The van der Waals surface area contributed by atoms with E-state index < -0.39 is 7.92 Å². The van der Waals surface area contributed by atoms with Crippen molar-refractivity contribution in [2.45, 2.75) is 273 Å². The maximum atomic E-state index is 7.00. The summed E-state index contributed by atoms with van der Waals surface area (Å²) in [6.45, 7) is 17.8. The number of ether oxygens (including phenoxy) is 6. The second kappa shape index (κ2) is 45.1. The minimum atomic E-state index is -1.26. The standard InChI is InChI=1S/C66H111O6P/c1-7-13-19-25-31-37-49-67-58-43-46-64(61(55-58)70-52-40-34-28-22-16-10-4)73(65-47-44-59(68-50-38-32-26-20-14-8-2)56-62(65)71-53-41-35-29-23-17-11-5)66-48-45-60(69-51-39-33-27-21-15-9-3)57-63(66)72-54-42-36-30-24-18-12-6/h43-48,55-57H,7-42,49-54H2,1-6H3. The van der Waals surface area contributed by atoms with Gasteiger partial charge >= 0.3 is 0 Å². The molecular weight excluding hydrogens is 920 g/mol. The van der Waals surface area contributed by atoms with E-state index >= 15 is 0 Å². The first kappa shape index (κ1) is 64.2. The van der Waals surface area contributed by atoms with Crippen LogP contribution in [0, 0.1) is 0 Å². The van der Waals surface area contributed by atoms with Crippen LogP contribution in [0.4, 0.5) is 0 Å². The molecule has 6 nitrogen and oxygen atoms in total. The van der Waals surface area contributed by atoms with Crippen molar-refractivity contribution in [3.05, 3.63) is 54.6 Å². The Hall–Kier alpha value is -3.11. The lowest BCUT2D eigenvalue weighted by atomic mass is 10.1. The molecule has 0 atom stereocenters. The van der Waals surface area contributed by atoms with Gasteiger partial charge in [0, 0.05) is 34.1 Å². The van der Waals surface area contributed by atoms with E-state index in [-0.39, 0.29) is 0 Å². The van der Waals surface area contributed by atoms with Crippen LogP contribution in [0.15, 0.2) is 54.6 Å². The predicted octanol–water partition coefficient (Wildman–Crippen LogP) is 19.9. The van der Waals surface area contributed by atoms with Crippen LogP contribution in [0.3, 0.4) is 0 Å². The van der Waals surface area contributed by atoms with Crippen LogP contribution in [0.5, 0.6) is 34.5 Å². The summed E-state index contributed by atoms with van der Waals surface area (Å²) in [6.07, 6.45) is 44.1. The van der Waals surface area contributed by atoms with Crippen molar-refractivity contribution >= 4 is 23.8 Å². The Bertz CT molecular complexity index is 1530. The Morgan fingerprint density at radius 1 is 0.233 bits per heavy atom. The van der Waals surface area contributed by atoms with Gasteiger partial charge in [-0.1, -0.05) is 234 Å². The molecule has 0 N–H and O–H groups in total. The molecule has 73 heavy (non-hydrogen) atoms. The highest BCUT2D eigenvalue weighted by Crippen LogP contribution is 2.45. The molecule has 3 aromatic carbocycles. The van der Waals surface area contributed by atoms with Gasteiger partial charge in [0.1, 0.15) is 34.5 Å². The topological polar surface area (TPSA) is 55.4 Å². The number of hydrogen-bond donors (Lipinski definition) is 0. The van der Waals surface area contributed by atoms with E-state index in [9.17, 15) is 0 Å². The van der Waals surface area contributed by atoms with Crippen molar-refractivity contribution in [1.29, 1.82) is 0 Å². The Morgan fingerprint density at radius 2 is 0.425 bits per heavy atom. The lowest BCUT2D eigenvalue weighted by Crippen LogP contribution is -2.26. The van der Waals surface area contributed by atoms with Gasteiger partial charge in [0.25, 0.3) is 0 Å². The zero-order valence-corrected chi connectivity index (χ0v) is 49.2. The first-order valence-electron chi connectivity index (χ1n) is 31.1. The number of unbranched alkanes of at least 4 members (excludes halogenated alkanes) is 30. The maximum absolute atomic E-state index is 7.00. The summed E-state index contributed by atoms with van der Waals surface area (Å²) in [5.41, 5.74) is 0. The molecule has 0 radical (unpaired) electrons. The molecule has 0 amide bonds. The fourth-order valence-electron chi connectivity index (χ4n) is 9.45. The highest BCUT2D eigenvalue weighted by atomic mass is 31.1. The molecule has 0 aliphatic heterocycles. The molecule has 0 bridgehead atoms. The molecule has 0 saturated carbocycles. The highest BCUT2D eigenvalue weighted by molar-refractivity contribution is 7.80. The van der Waals surface area contributed by atoms with Crippen LogP contribution in [-0.4, -0.2) is 39.6 Å². The monoisotopic (exact) mass is 1030 g/mol. The van der Waals surface area contributed by atoms with E-state index in [1.165, 1.54) is 193 Å². The molecule has 0 aliphatic rings. The van der Waals surface area contributed by atoms with E-state index in [1.54, 1.807) is 0 Å². The molecule has 0 spiro atoms. The van der Waals surface area contributed by atoms with Crippen LogP contribution in [0.25, 0.3) is 0 Å². The summed E-state index contributed by atoms with van der Waals surface area (Å²) >= 11 is 0. The van der Waals surface area contributed by atoms with Crippen molar-refractivity contribution in [2.75, 3.05) is 39.6 Å². The van der Waals surface area contributed by atoms with Crippen molar-refractivity contribution < 1.29 is 28.4 Å². The molecule has 3 rings (SSSR count).